The number of halogens is 2. The number of rotatable bonds is 4. The summed E-state index contributed by atoms with van der Waals surface area (Å²) < 4.78 is 24.3. The molecule has 2 rings (SSSR count). The van der Waals surface area contributed by atoms with Gasteiger partial charge in [0, 0.05) is 17.3 Å². The van der Waals surface area contributed by atoms with Gasteiger partial charge < -0.3 is 15.2 Å². The van der Waals surface area contributed by atoms with E-state index in [1.165, 1.54) is 13.2 Å². The number of benzene rings is 2. The minimum absolute atomic E-state index is 0.0196. The third-order valence-electron chi connectivity index (χ3n) is 2.62. The van der Waals surface area contributed by atoms with Gasteiger partial charge in [-0.15, -0.1) is 0 Å². The molecule has 0 atom stereocenters. The molecule has 0 aliphatic heterocycles. The van der Waals surface area contributed by atoms with E-state index in [0.717, 1.165) is 0 Å². The Morgan fingerprint density at radius 3 is 2.68 bits per heavy atom. The molecule has 0 aliphatic carbocycles. The zero-order valence-corrected chi connectivity index (χ0v) is 11.1. The molecule has 2 aromatic rings. The Hall–Kier alpha value is -1.94. The molecule has 0 heterocycles. The minimum Gasteiger partial charge on any atom is -0.493 e. The molecule has 2 aromatic carbocycles. The molecule has 0 unspecified atom stereocenters. The van der Waals surface area contributed by atoms with E-state index in [4.69, 9.17) is 26.8 Å². The fourth-order valence-corrected chi connectivity index (χ4v) is 1.84. The van der Waals surface area contributed by atoms with Crippen molar-refractivity contribution < 1.29 is 13.9 Å². The van der Waals surface area contributed by atoms with Gasteiger partial charge in [0.2, 0.25) is 0 Å². The van der Waals surface area contributed by atoms with Crippen molar-refractivity contribution in [2.75, 3.05) is 12.8 Å². The largest absolute Gasteiger partial charge is 0.493 e. The highest BCUT2D eigenvalue weighted by Gasteiger charge is 2.10. The molecule has 0 bridgehead atoms. The van der Waals surface area contributed by atoms with Crippen LogP contribution in [0, 0.1) is 5.82 Å². The lowest BCUT2D eigenvalue weighted by Gasteiger charge is -2.12. The summed E-state index contributed by atoms with van der Waals surface area (Å²) in [6.07, 6.45) is 0. The van der Waals surface area contributed by atoms with Crippen molar-refractivity contribution in [1.29, 1.82) is 0 Å². The van der Waals surface area contributed by atoms with E-state index in [2.05, 4.69) is 0 Å². The van der Waals surface area contributed by atoms with Gasteiger partial charge in [-0.25, -0.2) is 4.39 Å². The Kier molecular flexibility index (Phi) is 4.12. The maximum absolute atomic E-state index is 13.6. The van der Waals surface area contributed by atoms with Gasteiger partial charge in [0.1, 0.15) is 12.4 Å². The van der Waals surface area contributed by atoms with Crippen LogP contribution in [-0.4, -0.2) is 7.11 Å². The molecule has 0 saturated heterocycles. The predicted molar refractivity (Wildman–Crippen MR) is 73.1 cm³/mol. The van der Waals surface area contributed by atoms with E-state index < -0.39 is 5.82 Å². The molecule has 0 amide bonds. The Morgan fingerprint density at radius 2 is 2.00 bits per heavy atom. The van der Waals surface area contributed by atoms with E-state index >= 15 is 0 Å². The molecule has 100 valence electrons. The molecule has 19 heavy (non-hydrogen) atoms. The minimum atomic E-state index is -0.401. The number of nitrogen functional groups attached to an aromatic ring is 1. The van der Waals surface area contributed by atoms with Crippen LogP contribution in [-0.2, 0) is 6.61 Å². The maximum atomic E-state index is 13.6. The topological polar surface area (TPSA) is 44.5 Å². The number of nitrogens with two attached hydrogens (primary N) is 1. The van der Waals surface area contributed by atoms with E-state index in [0.29, 0.717) is 27.8 Å². The second kappa shape index (κ2) is 5.80. The lowest BCUT2D eigenvalue weighted by atomic mass is 10.2. The number of anilines is 1. The van der Waals surface area contributed by atoms with Gasteiger partial charge in [-0.1, -0.05) is 17.7 Å². The summed E-state index contributed by atoms with van der Waals surface area (Å²) in [6, 6.07) is 9.49. The quantitative estimate of drug-likeness (QED) is 0.870. The number of ether oxygens (including phenoxy) is 2. The summed E-state index contributed by atoms with van der Waals surface area (Å²) in [7, 11) is 1.51. The summed E-state index contributed by atoms with van der Waals surface area (Å²) in [4.78, 5) is 0. The highest BCUT2D eigenvalue weighted by molar-refractivity contribution is 6.31. The number of methoxy groups -OCH3 is 1. The second-order valence-electron chi connectivity index (χ2n) is 3.90. The molecule has 0 saturated carbocycles. The van der Waals surface area contributed by atoms with Crippen LogP contribution in [0.3, 0.4) is 0 Å². The third kappa shape index (κ3) is 3.09. The lowest BCUT2D eigenvalue weighted by Crippen LogP contribution is -2.01. The SMILES string of the molecule is COc1cc(N)ccc1OCc1c(F)cccc1Cl. The molecule has 2 N–H and O–H groups in total. The van der Waals surface area contributed by atoms with Crippen LogP contribution in [0.5, 0.6) is 11.5 Å². The first-order valence-corrected chi connectivity index (χ1v) is 5.99. The predicted octanol–water partition coefficient (Wildman–Crippen LogP) is 3.65. The molecule has 0 radical (unpaired) electrons. The van der Waals surface area contributed by atoms with Crippen LogP contribution >= 0.6 is 11.6 Å². The smallest absolute Gasteiger partial charge is 0.162 e. The molecule has 0 spiro atoms. The normalized spacial score (nSPS) is 10.3. The average Bonchev–Trinajstić information content (AvgIpc) is 2.39. The van der Waals surface area contributed by atoms with Crippen LogP contribution in [0.1, 0.15) is 5.56 Å². The second-order valence-corrected chi connectivity index (χ2v) is 4.31. The molecular weight excluding hydrogens is 269 g/mol. The highest BCUT2D eigenvalue weighted by atomic mass is 35.5. The van der Waals surface area contributed by atoms with Crippen LogP contribution in [0.4, 0.5) is 10.1 Å². The summed E-state index contributed by atoms with van der Waals surface area (Å²) in [5, 5.41) is 0.328. The van der Waals surface area contributed by atoms with Gasteiger partial charge in [-0.05, 0) is 24.3 Å². The lowest BCUT2D eigenvalue weighted by molar-refractivity contribution is 0.280. The Labute approximate surface area is 115 Å². The summed E-state index contributed by atoms with van der Waals surface area (Å²) in [5.74, 6) is 0.574. The third-order valence-corrected chi connectivity index (χ3v) is 2.98. The van der Waals surface area contributed by atoms with Gasteiger partial charge in [0.15, 0.2) is 11.5 Å². The number of hydrogen-bond acceptors (Lipinski definition) is 3. The zero-order chi connectivity index (χ0) is 13.8. The number of hydrogen-bond donors (Lipinski definition) is 1. The van der Waals surface area contributed by atoms with Gasteiger partial charge in [-0.2, -0.15) is 0 Å². The summed E-state index contributed by atoms with van der Waals surface area (Å²) in [6.45, 7) is 0.0196. The molecule has 0 aromatic heterocycles. The molecule has 0 aliphatic rings. The van der Waals surface area contributed by atoms with Crippen molar-refractivity contribution in [1.82, 2.24) is 0 Å². The van der Waals surface area contributed by atoms with Gasteiger partial charge >= 0.3 is 0 Å². The Bertz CT molecular complexity index is 569. The van der Waals surface area contributed by atoms with E-state index in [1.807, 2.05) is 0 Å². The molecule has 0 fully saturated rings. The fourth-order valence-electron chi connectivity index (χ4n) is 1.62. The first kappa shape index (κ1) is 13.5. The fraction of sp³-hybridized carbons (Fsp3) is 0.143. The summed E-state index contributed by atoms with van der Waals surface area (Å²) in [5.41, 5.74) is 6.51. The van der Waals surface area contributed by atoms with E-state index in [9.17, 15) is 4.39 Å². The first-order valence-electron chi connectivity index (χ1n) is 5.61. The van der Waals surface area contributed by atoms with E-state index in [-0.39, 0.29) is 6.61 Å². The Balaban J connectivity index is 2.19. The van der Waals surface area contributed by atoms with Crippen molar-refractivity contribution >= 4 is 17.3 Å². The highest BCUT2D eigenvalue weighted by Crippen LogP contribution is 2.30. The van der Waals surface area contributed by atoms with Crippen molar-refractivity contribution in [3.05, 3.63) is 52.8 Å². The van der Waals surface area contributed by atoms with Gasteiger partial charge in [0.25, 0.3) is 0 Å². The van der Waals surface area contributed by atoms with Crippen molar-refractivity contribution in [2.24, 2.45) is 0 Å². The molecule has 3 nitrogen and oxygen atoms in total. The van der Waals surface area contributed by atoms with Crippen LogP contribution in [0.25, 0.3) is 0 Å². The zero-order valence-electron chi connectivity index (χ0n) is 10.3. The monoisotopic (exact) mass is 281 g/mol. The van der Waals surface area contributed by atoms with Crippen LogP contribution in [0.15, 0.2) is 36.4 Å². The van der Waals surface area contributed by atoms with Gasteiger partial charge in [-0.3, -0.25) is 0 Å². The van der Waals surface area contributed by atoms with Crippen molar-refractivity contribution in [3.8, 4) is 11.5 Å². The van der Waals surface area contributed by atoms with Crippen LogP contribution < -0.4 is 15.2 Å². The molecular formula is C14H13ClFNO2. The Morgan fingerprint density at radius 1 is 1.21 bits per heavy atom. The van der Waals surface area contributed by atoms with Crippen molar-refractivity contribution in [3.63, 3.8) is 0 Å². The molecule has 5 heteroatoms. The van der Waals surface area contributed by atoms with Crippen LogP contribution in [0.2, 0.25) is 5.02 Å². The van der Waals surface area contributed by atoms with E-state index in [1.54, 1.807) is 30.3 Å². The summed E-state index contributed by atoms with van der Waals surface area (Å²) >= 11 is 5.92. The average molecular weight is 282 g/mol. The standard InChI is InChI=1S/C14H13ClFNO2/c1-18-14-7-9(17)5-6-13(14)19-8-10-11(15)3-2-4-12(10)16/h2-7H,8,17H2,1H3. The van der Waals surface area contributed by atoms with Crippen molar-refractivity contribution in [2.45, 2.75) is 6.61 Å². The first-order chi connectivity index (χ1) is 9.11. The maximum Gasteiger partial charge on any atom is 0.162 e. The van der Waals surface area contributed by atoms with Gasteiger partial charge in [0.05, 0.1) is 12.1 Å².